The molecule has 0 bridgehead atoms. The number of benzene rings is 8. The highest BCUT2D eigenvalue weighted by Crippen LogP contribution is 2.47. The second-order valence-electron chi connectivity index (χ2n) is 15.6. The van der Waals surface area contributed by atoms with Crippen LogP contribution in [0, 0.1) is 5.41 Å². The van der Waals surface area contributed by atoms with Crippen LogP contribution in [0.1, 0.15) is 0 Å². The normalized spacial score (nSPS) is 12.1. The Morgan fingerprint density at radius 2 is 0.952 bits per heavy atom. The van der Waals surface area contributed by atoms with Crippen molar-refractivity contribution in [2.24, 2.45) is 5.41 Å². The molecule has 0 radical (unpaired) electrons. The third kappa shape index (κ3) is 7.90. The monoisotopic (exact) mass is 926 g/mol. The number of carbonyl (C=O) groups is 1. The summed E-state index contributed by atoms with van der Waals surface area (Å²) < 4.78 is 20.6. The Morgan fingerprint density at radius 1 is 0.508 bits per heavy atom. The quantitative estimate of drug-likeness (QED) is 0.0468. The first-order valence-electron chi connectivity index (χ1n) is 20.6. The van der Waals surface area contributed by atoms with Gasteiger partial charge < -0.3 is 9.47 Å². The summed E-state index contributed by atoms with van der Waals surface area (Å²) in [7, 11) is 0. The lowest BCUT2D eigenvalue weighted by atomic mass is 9.97. The molecule has 0 saturated heterocycles. The molecule has 0 aliphatic heterocycles. The van der Waals surface area contributed by atoms with Crippen molar-refractivity contribution < 1.29 is 14.3 Å². The molecule has 0 N–H and O–H groups in total. The molecular formula is C54H38O3S6. The van der Waals surface area contributed by atoms with Crippen LogP contribution in [0.4, 0.5) is 0 Å². The highest BCUT2D eigenvalue weighted by Gasteiger charge is 2.34. The maximum Gasteiger partial charge on any atom is 0.335 e. The molecule has 308 valence electrons. The maximum absolute atomic E-state index is 12.2. The van der Waals surface area contributed by atoms with E-state index in [1.807, 2.05) is 99.6 Å². The van der Waals surface area contributed by atoms with Gasteiger partial charge >= 0.3 is 5.97 Å². The number of esters is 1. The second kappa shape index (κ2) is 17.4. The zero-order valence-corrected chi connectivity index (χ0v) is 38.8. The summed E-state index contributed by atoms with van der Waals surface area (Å²) in [5, 5.41) is 9.66. The Kier molecular flexibility index (Phi) is 11.2. The molecule has 0 atom stereocenters. The summed E-state index contributed by atoms with van der Waals surface area (Å²) in [6.07, 6.45) is 1.19. The van der Waals surface area contributed by atoms with Gasteiger partial charge in [0.05, 0.1) is 6.61 Å². The first kappa shape index (κ1) is 40.5. The first-order chi connectivity index (χ1) is 31.0. The Bertz CT molecular complexity index is 3240. The third-order valence-corrected chi connectivity index (χ3v) is 19.7. The van der Waals surface area contributed by atoms with Crippen molar-refractivity contribution in [1.29, 1.82) is 0 Å². The fourth-order valence-corrected chi connectivity index (χ4v) is 16.4. The van der Waals surface area contributed by atoms with Crippen molar-refractivity contribution in [1.82, 2.24) is 0 Å². The third-order valence-electron chi connectivity index (χ3n) is 11.4. The predicted octanol–water partition coefficient (Wildman–Crippen LogP) is 16.8. The van der Waals surface area contributed by atoms with E-state index in [-0.39, 0.29) is 5.41 Å². The summed E-state index contributed by atoms with van der Waals surface area (Å²) in [5.74, 6) is 3.35. The lowest BCUT2D eigenvalue weighted by Gasteiger charge is -2.33. The van der Waals surface area contributed by atoms with Gasteiger partial charge in [0.25, 0.3) is 0 Å². The smallest absolute Gasteiger partial charge is 0.335 e. The minimum absolute atomic E-state index is 0.299. The number of hydrogen-bond acceptors (Lipinski definition) is 9. The van der Waals surface area contributed by atoms with Crippen molar-refractivity contribution in [3.63, 3.8) is 0 Å². The van der Waals surface area contributed by atoms with E-state index in [2.05, 4.69) is 140 Å². The predicted molar refractivity (Wildman–Crippen MR) is 278 cm³/mol. The summed E-state index contributed by atoms with van der Waals surface area (Å²) in [4.78, 5) is 16.1. The van der Waals surface area contributed by atoms with E-state index in [9.17, 15) is 4.79 Å². The molecule has 0 amide bonds. The van der Waals surface area contributed by atoms with Crippen LogP contribution in [-0.4, -0.2) is 29.8 Å². The van der Waals surface area contributed by atoms with Crippen molar-refractivity contribution >= 4 is 147 Å². The number of rotatable bonds is 14. The van der Waals surface area contributed by atoms with Gasteiger partial charge in [-0.15, -0.1) is 69.3 Å². The second-order valence-corrected chi connectivity index (χ2v) is 21.8. The maximum atomic E-state index is 12.2. The molecule has 0 aliphatic rings. The molecule has 0 aliphatic carbocycles. The van der Waals surface area contributed by atoms with Gasteiger partial charge in [-0.05, 0) is 66.0 Å². The van der Waals surface area contributed by atoms with Gasteiger partial charge in [-0.1, -0.05) is 110 Å². The summed E-state index contributed by atoms with van der Waals surface area (Å²) >= 11 is 11.5. The van der Waals surface area contributed by atoms with Gasteiger partial charge in [0.15, 0.2) is 0 Å². The molecule has 3 nitrogen and oxygen atoms in total. The van der Waals surface area contributed by atoms with Gasteiger partial charge in [-0.3, -0.25) is 0 Å². The molecule has 0 fully saturated rings. The van der Waals surface area contributed by atoms with Crippen LogP contribution >= 0.6 is 69.3 Å². The fourth-order valence-electron chi connectivity index (χ4n) is 8.24. The van der Waals surface area contributed by atoms with Crippen LogP contribution in [0.2, 0.25) is 0 Å². The van der Waals surface area contributed by atoms with E-state index in [0.29, 0.717) is 12.4 Å². The van der Waals surface area contributed by atoms with Gasteiger partial charge in [0.2, 0.25) is 0 Å². The lowest BCUT2D eigenvalue weighted by Crippen LogP contribution is -2.37. The van der Waals surface area contributed by atoms with Crippen LogP contribution in [0.15, 0.2) is 191 Å². The Labute approximate surface area is 389 Å². The van der Waals surface area contributed by atoms with E-state index in [1.165, 1.54) is 81.3 Å². The molecule has 11 aromatic rings. The van der Waals surface area contributed by atoms with E-state index >= 15 is 0 Å². The van der Waals surface area contributed by atoms with Crippen molar-refractivity contribution in [2.75, 3.05) is 23.9 Å². The number of thioether (sulfide) groups is 3. The number of thiophene rings is 3. The first-order valence-corrected chi connectivity index (χ1v) is 26.0. The molecule has 0 unspecified atom stereocenters. The van der Waals surface area contributed by atoms with Crippen LogP contribution in [0.5, 0.6) is 11.5 Å². The zero-order valence-electron chi connectivity index (χ0n) is 33.9. The summed E-state index contributed by atoms with van der Waals surface area (Å²) in [6.45, 7) is 4.08. The standard InChI is InChI=1S/C54H38O3S6/c1-2-50(55)57-43-20-9-13-34-29-35(27-28-36(34)43)56-30-54(31-58-47-24-10-17-40-37-14-3-6-21-44(37)61-51(40)47,32-59-48-25-11-18-41-38-15-4-7-22-45(38)62-52(41)48)33-60-49-26-12-19-42-39-16-5-8-23-46(39)63-53(42)49/h2-29H,1,30-33H2. The minimum Gasteiger partial charge on any atom is -0.493 e. The molecule has 63 heavy (non-hydrogen) atoms. The number of ether oxygens (including phenoxy) is 2. The lowest BCUT2D eigenvalue weighted by molar-refractivity contribution is -0.128. The molecular weight excluding hydrogens is 889 g/mol. The Balaban J connectivity index is 0.999. The highest BCUT2D eigenvalue weighted by atomic mass is 32.2. The Morgan fingerprint density at radius 3 is 1.43 bits per heavy atom. The van der Waals surface area contributed by atoms with E-state index in [0.717, 1.165) is 33.8 Å². The van der Waals surface area contributed by atoms with Crippen LogP contribution in [0.3, 0.4) is 0 Å². The summed E-state index contributed by atoms with van der Waals surface area (Å²) in [5.41, 5.74) is -0.299. The molecule has 0 spiro atoms. The molecule has 3 heterocycles. The highest BCUT2D eigenvalue weighted by molar-refractivity contribution is 8.01. The van der Waals surface area contributed by atoms with Crippen LogP contribution < -0.4 is 9.47 Å². The molecule has 8 aromatic carbocycles. The van der Waals surface area contributed by atoms with E-state index < -0.39 is 5.97 Å². The number of hydrogen-bond donors (Lipinski definition) is 0. The molecule has 3 aromatic heterocycles. The average Bonchev–Trinajstić information content (AvgIpc) is 4.03. The van der Waals surface area contributed by atoms with Gasteiger partial charge in [0.1, 0.15) is 11.5 Å². The van der Waals surface area contributed by atoms with E-state index in [4.69, 9.17) is 9.47 Å². The molecule has 0 saturated carbocycles. The molecule has 9 heteroatoms. The van der Waals surface area contributed by atoms with Crippen molar-refractivity contribution in [2.45, 2.75) is 14.7 Å². The minimum atomic E-state index is -0.482. The van der Waals surface area contributed by atoms with Crippen LogP contribution in [0.25, 0.3) is 71.3 Å². The van der Waals surface area contributed by atoms with Gasteiger partial charge in [-0.25, -0.2) is 4.79 Å². The Hall–Kier alpha value is -5.26. The van der Waals surface area contributed by atoms with Crippen molar-refractivity contribution in [3.05, 3.63) is 176 Å². The fraction of sp³-hybridized carbons (Fsp3) is 0.0926. The summed E-state index contributed by atoms with van der Waals surface area (Å²) in [6, 6.07) is 58.4. The van der Waals surface area contributed by atoms with Crippen LogP contribution in [-0.2, 0) is 4.79 Å². The topological polar surface area (TPSA) is 35.5 Å². The zero-order chi connectivity index (χ0) is 42.3. The molecule has 11 rings (SSSR count). The van der Waals surface area contributed by atoms with Gasteiger partial charge in [0, 0.05) is 109 Å². The SMILES string of the molecule is C=CC(=O)Oc1cccc2cc(OCC(CSc3cccc4c3sc3ccccc34)(CSc3cccc4c3sc3ccccc34)CSc3cccc4c3sc3ccccc34)ccc12. The largest absolute Gasteiger partial charge is 0.493 e. The van der Waals surface area contributed by atoms with Gasteiger partial charge in [-0.2, -0.15) is 0 Å². The average molecular weight is 927 g/mol. The van der Waals surface area contributed by atoms with Crippen molar-refractivity contribution in [3.8, 4) is 11.5 Å². The van der Waals surface area contributed by atoms with E-state index in [1.54, 1.807) is 0 Å². The number of fused-ring (bicyclic) bond motifs is 10. The number of carbonyl (C=O) groups excluding carboxylic acids is 1.